The van der Waals surface area contributed by atoms with Crippen LogP contribution in [-0.2, 0) is 11.2 Å². The summed E-state index contributed by atoms with van der Waals surface area (Å²) in [4.78, 5) is 12.9. The molecule has 3 heteroatoms. The molecule has 2 aromatic rings. The summed E-state index contributed by atoms with van der Waals surface area (Å²) in [5.41, 5.74) is 3.06. The number of hydrogen-bond donors (Lipinski definition) is 2. The highest BCUT2D eigenvalue weighted by atomic mass is 32.1. The Labute approximate surface area is 125 Å². The van der Waals surface area contributed by atoms with E-state index in [-0.39, 0.29) is 5.91 Å². The minimum Gasteiger partial charge on any atom is -0.326 e. The number of anilines is 1. The number of nitrogens with one attached hydrogen (secondary N) is 1. The van der Waals surface area contributed by atoms with E-state index in [0.29, 0.717) is 12.3 Å². The molecule has 0 aliphatic carbocycles. The molecule has 0 saturated carbocycles. The first-order valence-corrected chi connectivity index (χ1v) is 7.17. The Balaban J connectivity index is 2.01. The molecule has 1 N–H and O–H groups in total. The Bertz CT molecular complexity index is 590. The monoisotopic (exact) mass is 285 g/mol. The second-order valence-corrected chi connectivity index (χ2v) is 5.69. The summed E-state index contributed by atoms with van der Waals surface area (Å²) in [5, 5.41) is 2.94. The highest BCUT2D eigenvalue weighted by molar-refractivity contribution is 7.80. The number of benzene rings is 2. The highest BCUT2D eigenvalue weighted by Gasteiger charge is 2.05. The maximum Gasteiger partial charge on any atom is 0.228 e. The average Bonchev–Trinajstić information content (AvgIpc) is 2.41. The van der Waals surface area contributed by atoms with Gasteiger partial charge in [-0.15, -0.1) is 12.6 Å². The van der Waals surface area contributed by atoms with Crippen LogP contribution in [0.25, 0.3) is 0 Å². The Morgan fingerprint density at radius 3 is 2.50 bits per heavy atom. The lowest BCUT2D eigenvalue weighted by Crippen LogP contribution is -2.14. The van der Waals surface area contributed by atoms with E-state index in [1.807, 2.05) is 42.5 Å². The van der Waals surface area contributed by atoms with Gasteiger partial charge in [0, 0.05) is 10.6 Å². The molecular weight excluding hydrogens is 266 g/mol. The first-order chi connectivity index (χ1) is 9.54. The fourth-order valence-corrected chi connectivity index (χ4v) is 2.13. The molecule has 0 saturated heterocycles. The van der Waals surface area contributed by atoms with Crippen molar-refractivity contribution in [2.75, 3.05) is 5.32 Å². The van der Waals surface area contributed by atoms with Gasteiger partial charge in [-0.05, 0) is 41.3 Å². The quantitative estimate of drug-likeness (QED) is 0.807. The largest absolute Gasteiger partial charge is 0.326 e. The van der Waals surface area contributed by atoms with Crippen LogP contribution in [0, 0.1) is 0 Å². The lowest BCUT2D eigenvalue weighted by molar-refractivity contribution is -0.115. The number of thiol groups is 1. The Hall–Kier alpha value is -1.74. The number of hydrogen-bond acceptors (Lipinski definition) is 2. The zero-order valence-corrected chi connectivity index (χ0v) is 12.7. The van der Waals surface area contributed by atoms with E-state index in [2.05, 4.69) is 37.9 Å². The number of carbonyl (C=O) groups is 1. The van der Waals surface area contributed by atoms with Crippen LogP contribution in [0.4, 0.5) is 5.69 Å². The van der Waals surface area contributed by atoms with Crippen LogP contribution in [-0.4, -0.2) is 5.91 Å². The zero-order valence-electron chi connectivity index (χ0n) is 11.8. The van der Waals surface area contributed by atoms with Crippen LogP contribution in [0.5, 0.6) is 0 Å². The van der Waals surface area contributed by atoms with Crippen LogP contribution in [0.15, 0.2) is 53.4 Å². The Kier molecular flexibility index (Phi) is 4.85. The molecule has 20 heavy (non-hydrogen) atoms. The molecule has 0 unspecified atom stereocenters. The van der Waals surface area contributed by atoms with E-state index in [4.69, 9.17) is 0 Å². The second-order valence-electron chi connectivity index (χ2n) is 5.17. The van der Waals surface area contributed by atoms with Crippen molar-refractivity contribution in [3.8, 4) is 0 Å². The van der Waals surface area contributed by atoms with Crippen molar-refractivity contribution in [3.05, 3.63) is 59.7 Å². The lowest BCUT2D eigenvalue weighted by atomic mass is 10.0. The van der Waals surface area contributed by atoms with Crippen molar-refractivity contribution in [1.82, 2.24) is 0 Å². The van der Waals surface area contributed by atoms with Gasteiger partial charge in [0.25, 0.3) is 0 Å². The van der Waals surface area contributed by atoms with Gasteiger partial charge >= 0.3 is 0 Å². The fourth-order valence-electron chi connectivity index (χ4n) is 1.98. The molecule has 0 heterocycles. The molecule has 0 radical (unpaired) electrons. The molecule has 0 aliphatic rings. The molecular formula is C17H19NOS. The fraction of sp³-hybridized carbons (Fsp3) is 0.235. The summed E-state index contributed by atoms with van der Waals surface area (Å²) in [7, 11) is 0. The third-order valence-corrected chi connectivity index (χ3v) is 3.44. The topological polar surface area (TPSA) is 29.1 Å². The molecule has 0 fully saturated rings. The van der Waals surface area contributed by atoms with Gasteiger partial charge in [0.15, 0.2) is 0 Å². The van der Waals surface area contributed by atoms with E-state index in [1.165, 1.54) is 5.56 Å². The van der Waals surface area contributed by atoms with Crippen LogP contribution in [0.2, 0.25) is 0 Å². The SMILES string of the molecule is CC(C)c1cccc(NC(=O)Cc2ccc(S)cc2)c1. The number of amides is 1. The standard InChI is InChI=1S/C17H19NOS/c1-12(2)14-4-3-5-15(11-14)18-17(19)10-13-6-8-16(20)9-7-13/h3-9,11-12,20H,10H2,1-2H3,(H,18,19). The van der Waals surface area contributed by atoms with Gasteiger partial charge in [0.1, 0.15) is 0 Å². The summed E-state index contributed by atoms with van der Waals surface area (Å²) in [6.07, 6.45) is 0.375. The minimum absolute atomic E-state index is 0.00202. The van der Waals surface area contributed by atoms with Gasteiger partial charge in [-0.1, -0.05) is 38.1 Å². The van der Waals surface area contributed by atoms with Crippen LogP contribution in [0.3, 0.4) is 0 Å². The summed E-state index contributed by atoms with van der Waals surface area (Å²) in [5.74, 6) is 0.451. The molecule has 2 aromatic carbocycles. The molecule has 0 aromatic heterocycles. The Morgan fingerprint density at radius 2 is 1.85 bits per heavy atom. The molecule has 0 spiro atoms. The average molecular weight is 285 g/mol. The Morgan fingerprint density at radius 1 is 1.15 bits per heavy atom. The molecule has 0 bridgehead atoms. The molecule has 0 aliphatic heterocycles. The van der Waals surface area contributed by atoms with Gasteiger partial charge in [0.2, 0.25) is 5.91 Å². The van der Waals surface area contributed by atoms with Gasteiger partial charge in [0.05, 0.1) is 6.42 Å². The molecule has 2 rings (SSSR count). The van der Waals surface area contributed by atoms with Gasteiger partial charge < -0.3 is 5.32 Å². The number of rotatable bonds is 4. The van der Waals surface area contributed by atoms with Crippen molar-refractivity contribution >= 4 is 24.2 Å². The smallest absolute Gasteiger partial charge is 0.228 e. The van der Waals surface area contributed by atoms with Crippen molar-refractivity contribution in [2.24, 2.45) is 0 Å². The molecule has 104 valence electrons. The highest BCUT2D eigenvalue weighted by Crippen LogP contribution is 2.18. The third-order valence-electron chi connectivity index (χ3n) is 3.14. The number of carbonyl (C=O) groups excluding carboxylic acids is 1. The summed E-state index contributed by atoms with van der Waals surface area (Å²) in [6, 6.07) is 15.6. The summed E-state index contributed by atoms with van der Waals surface area (Å²) >= 11 is 4.23. The first-order valence-electron chi connectivity index (χ1n) is 6.72. The van der Waals surface area contributed by atoms with E-state index in [0.717, 1.165) is 16.1 Å². The van der Waals surface area contributed by atoms with Crippen molar-refractivity contribution in [1.29, 1.82) is 0 Å². The predicted octanol–water partition coefficient (Wildman–Crippen LogP) is 4.28. The zero-order chi connectivity index (χ0) is 14.5. The minimum atomic E-state index is -0.00202. The van der Waals surface area contributed by atoms with E-state index < -0.39 is 0 Å². The van der Waals surface area contributed by atoms with Crippen molar-refractivity contribution < 1.29 is 4.79 Å². The van der Waals surface area contributed by atoms with Crippen LogP contribution >= 0.6 is 12.6 Å². The molecule has 0 atom stereocenters. The second kappa shape index (κ2) is 6.62. The van der Waals surface area contributed by atoms with Crippen molar-refractivity contribution in [2.45, 2.75) is 31.1 Å². The van der Waals surface area contributed by atoms with Crippen LogP contribution < -0.4 is 5.32 Å². The molecule has 2 nitrogen and oxygen atoms in total. The third kappa shape index (κ3) is 4.14. The van der Waals surface area contributed by atoms with Crippen molar-refractivity contribution in [3.63, 3.8) is 0 Å². The summed E-state index contributed by atoms with van der Waals surface area (Å²) in [6.45, 7) is 4.28. The maximum absolute atomic E-state index is 12.0. The predicted molar refractivity (Wildman–Crippen MR) is 86.6 cm³/mol. The van der Waals surface area contributed by atoms with Gasteiger partial charge in [-0.3, -0.25) is 4.79 Å². The van der Waals surface area contributed by atoms with E-state index >= 15 is 0 Å². The lowest BCUT2D eigenvalue weighted by Gasteiger charge is -2.09. The van der Waals surface area contributed by atoms with Gasteiger partial charge in [-0.2, -0.15) is 0 Å². The van der Waals surface area contributed by atoms with Gasteiger partial charge in [-0.25, -0.2) is 0 Å². The van der Waals surface area contributed by atoms with E-state index in [1.54, 1.807) is 0 Å². The van der Waals surface area contributed by atoms with E-state index in [9.17, 15) is 4.79 Å². The summed E-state index contributed by atoms with van der Waals surface area (Å²) < 4.78 is 0. The molecule has 1 amide bonds. The maximum atomic E-state index is 12.0. The van der Waals surface area contributed by atoms with Crippen LogP contribution in [0.1, 0.15) is 30.9 Å². The first kappa shape index (κ1) is 14.7. The normalized spacial score (nSPS) is 10.6.